The Morgan fingerprint density at radius 1 is 0.955 bits per heavy atom. The smallest absolute Gasteiger partial charge is 0.108 e. The molecule has 0 saturated carbocycles. The van der Waals surface area contributed by atoms with Crippen LogP contribution >= 0.6 is 0 Å². The maximum absolute atomic E-state index is 7.32. The number of ether oxygens (including phenoxy) is 1. The minimum absolute atomic E-state index is 0.0161. The number of hydrogen-bond acceptors (Lipinski definition) is 3. The minimum Gasteiger partial charge on any atom is -0.367 e. The summed E-state index contributed by atoms with van der Waals surface area (Å²) in [6.07, 6.45) is 0.0161. The van der Waals surface area contributed by atoms with E-state index in [1.807, 2.05) is 12.1 Å². The fraction of sp³-hybridized carbons (Fsp3) is 0.316. The van der Waals surface area contributed by atoms with Crippen molar-refractivity contribution in [1.82, 2.24) is 4.90 Å². The molecule has 0 spiro atoms. The highest BCUT2D eigenvalue weighted by Gasteiger charge is 2.13. The van der Waals surface area contributed by atoms with Crippen molar-refractivity contribution in [2.24, 2.45) is 0 Å². The SMILES string of the molecule is CC#N.CN(C)CCOC(c1ccccc1)c1ccccc1. The maximum Gasteiger partial charge on any atom is 0.108 e. The molecule has 0 bridgehead atoms. The highest BCUT2D eigenvalue weighted by Crippen LogP contribution is 2.25. The summed E-state index contributed by atoms with van der Waals surface area (Å²) in [5.74, 6) is 0. The molecule has 0 aliphatic heterocycles. The van der Waals surface area contributed by atoms with Gasteiger partial charge in [-0.15, -0.1) is 0 Å². The van der Waals surface area contributed by atoms with Gasteiger partial charge in [0.25, 0.3) is 0 Å². The van der Waals surface area contributed by atoms with Gasteiger partial charge < -0.3 is 9.64 Å². The summed E-state index contributed by atoms with van der Waals surface area (Å²) < 4.78 is 6.08. The summed E-state index contributed by atoms with van der Waals surface area (Å²) in [4.78, 5) is 2.13. The maximum atomic E-state index is 7.32. The molecule has 0 aliphatic rings. The van der Waals surface area contributed by atoms with Crippen molar-refractivity contribution in [2.75, 3.05) is 27.2 Å². The molecule has 0 saturated heterocycles. The van der Waals surface area contributed by atoms with E-state index in [4.69, 9.17) is 10.00 Å². The summed E-state index contributed by atoms with van der Waals surface area (Å²) in [5.41, 5.74) is 2.40. The van der Waals surface area contributed by atoms with Gasteiger partial charge in [-0.2, -0.15) is 5.26 Å². The molecule has 2 aromatic rings. The van der Waals surface area contributed by atoms with Crippen molar-refractivity contribution in [2.45, 2.75) is 13.0 Å². The lowest BCUT2D eigenvalue weighted by atomic mass is 10.0. The molecule has 0 aromatic heterocycles. The van der Waals surface area contributed by atoms with Crippen molar-refractivity contribution in [3.8, 4) is 6.07 Å². The van der Waals surface area contributed by atoms with E-state index in [2.05, 4.69) is 67.5 Å². The van der Waals surface area contributed by atoms with E-state index >= 15 is 0 Å². The molecule has 0 fully saturated rings. The van der Waals surface area contributed by atoms with Gasteiger partial charge in [-0.05, 0) is 25.2 Å². The molecule has 0 aliphatic carbocycles. The summed E-state index contributed by atoms with van der Waals surface area (Å²) in [7, 11) is 4.12. The van der Waals surface area contributed by atoms with Gasteiger partial charge in [-0.1, -0.05) is 60.7 Å². The van der Waals surface area contributed by atoms with Crippen LogP contribution in [-0.2, 0) is 4.74 Å². The van der Waals surface area contributed by atoms with E-state index in [1.54, 1.807) is 6.07 Å². The van der Waals surface area contributed by atoms with Crippen LogP contribution in [0, 0.1) is 11.3 Å². The predicted octanol–water partition coefficient (Wildman–Crippen LogP) is 3.88. The average Bonchev–Trinajstić information content (AvgIpc) is 2.54. The Morgan fingerprint density at radius 2 is 1.36 bits per heavy atom. The van der Waals surface area contributed by atoms with Gasteiger partial charge in [0.1, 0.15) is 6.10 Å². The highest BCUT2D eigenvalue weighted by molar-refractivity contribution is 5.29. The van der Waals surface area contributed by atoms with Crippen LogP contribution in [0.5, 0.6) is 0 Å². The molecule has 0 heterocycles. The van der Waals surface area contributed by atoms with Crippen LogP contribution < -0.4 is 0 Å². The number of rotatable bonds is 6. The molecule has 0 radical (unpaired) electrons. The van der Waals surface area contributed by atoms with E-state index in [-0.39, 0.29) is 6.10 Å². The van der Waals surface area contributed by atoms with Gasteiger partial charge in [0.05, 0.1) is 12.7 Å². The van der Waals surface area contributed by atoms with E-state index < -0.39 is 0 Å². The molecule has 2 rings (SSSR count). The second-order valence-electron chi connectivity index (χ2n) is 5.10. The van der Waals surface area contributed by atoms with Crippen LogP contribution in [0.4, 0.5) is 0 Å². The quantitative estimate of drug-likeness (QED) is 0.811. The molecule has 0 N–H and O–H groups in total. The van der Waals surface area contributed by atoms with Crippen molar-refractivity contribution in [3.63, 3.8) is 0 Å². The Labute approximate surface area is 133 Å². The zero-order valence-corrected chi connectivity index (χ0v) is 13.6. The predicted molar refractivity (Wildman–Crippen MR) is 90.5 cm³/mol. The number of likely N-dealkylation sites (N-methyl/N-ethyl adjacent to an activating group) is 1. The zero-order valence-electron chi connectivity index (χ0n) is 13.6. The average molecular weight is 296 g/mol. The number of hydrogen-bond donors (Lipinski definition) is 0. The summed E-state index contributed by atoms with van der Waals surface area (Å²) >= 11 is 0. The Kier molecular flexibility index (Phi) is 8.59. The monoisotopic (exact) mass is 296 g/mol. The first-order valence-corrected chi connectivity index (χ1v) is 7.36. The van der Waals surface area contributed by atoms with Crippen LogP contribution in [0.1, 0.15) is 24.2 Å². The highest BCUT2D eigenvalue weighted by atomic mass is 16.5. The largest absolute Gasteiger partial charge is 0.367 e. The van der Waals surface area contributed by atoms with Gasteiger partial charge in [0, 0.05) is 13.5 Å². The topological polar surface area (TPSA) is 36.3 Å². The lowest BCUT2D eigenvalue weighted by molar-refractivity contribution is 0.0687. The van der Waals surface area contributed by atoms with E-state index in [1.165, 1.54) is 18.1 Å². The second-order valence-corrected chi connectivity index (χ2v) is 5.10. The van der Waals surface area contributed by atoms with Crippen LogP contribution in [0.25, 0.3) is 0 Å². The number of benzene rings is 2. The Morgan fingerprint density at radius 3 is 1.73 bits per heavy atom. The Hall–Kier alpha value is -2.15. The van der Waals surface area contributed by atoms with Crippen molar-refractivity contribution in [3.05, 3.63) is 71.8 Å². The minimum atomic E-state index is 0.0161. The third-order valence-electron chi connectivity index (χ3n) is 3.03. The molecular formula is C19H24N2O. The molecule has 0 amide bonds. The molecule has 22 heavy (non-hydrogen) atoms. The molecule has 116 valence electrons. The lowest BCUT2D eigenvalue weighted by Gasteiger charge is -2.20. The van der Waals surface area contributed by atoms with Gasteiger partial charge in [0.2, 0.25) is 0 Å². The normalized spacial score (nSPS) is 10.0. The second kappa shape index (κ2) is 10.6. The summed E-state index contributed by atoms with van der Waals surface area (Å²) in [6, 6.07) is 22.5. The fourth-order valence-corrected chi connectivity index (χ4v) is 1.99. The first-order chi connectivity index (χ1) is 10.7. The van der Waals surface area contributed by atoms with Gasteiger partial charge in [-0.25, -0.2) is 0 Å². The molecule has 0 unspecified atom stereocenters. The van der Waals surface area contributed by atoms with E-state index in [9.17, 15) is 0 Å². The van der Waals surface area contributed by atoms with Crippen molar-refractivity contribution >= 4 is 0 Å². The molecule has 0 atom stereocenters. The molecular weight excluding hydrogens is 272 g/mol. The van der Waals surface area contributed by atoms with E-state index in [0.29, 0.717) is 0 Å². The third-order valence-corrected chi connectivity index (χ3v) is 3.03. The van der Waals surface area contributed by atoms with Crippen LogP contribution in [-0.4, -0.2) is 32.1 Å². The molecule has 2 aromatic carbocycles. The summed E-state index contributed by atoms with van der Waals surface area (Å²) in [5, 5.41) is 7.32. The van der Waals surface area contributed by atoms with Gasteiger partial charge in [0.15, 0.2) is 0 Å². The van der Waals surface area contributed by atoms with Crippen LogP contribution in [0.2, 0.25) is 0 Å². The Balaban J connectivity index is 0.000000745. The third kappa shape index (κ3) is 6.53. The molecule has 3 heteroatoms. The first kappa shape index (κ1) is 17.9. The van der Waals surface area contributed by atoms with Crippen LogP contribution in [0.3, 0.4) is 0 Å². The lowest BCUT2D eigenvalue weighted by Crippen LogP contribution is -2.20. The Bertz CT molecular complexity index is 507. The first-order valence-electron chi connectivity index (χ1n) is 7.36. The summed E-state index contributed by atoms with van der Waals surface area (Å²) in [6.45, 7) is 3.08. The molecule has 3 nitrogen and oxygen atoms in total. The van der Waals surface area contributed by atoms with Crippen LogP contribution in [0.15, 0.2) is 60.7 Å². The fourth-order valence-electron chi connectivity index (χ4n) is 1.99. The van der Waals surface area contributed by atoms with Gasteiger partial charge >= 0.3 is 0 Å². The number of nitriles is 1. The standard InChI is InChI=1S/C17H21NO.C2H3N/c1-18(2)13-14-19-17(15-9-5-3-6-10-15)16-11-7-4-8-12-16;1-2-3/h3-12,17H,13-14H2,1-2H3;1H3. The van der Waals surface area contributed by atoms with Crippen molar-refractivity contribution < 1.29 is 4.74 Å². The zero-order chi connectivity index (χ0) is 16.2. The van der Waals surface area contributed by atoms with Crippen molar-refractivity contribution in [1.29, 1.82) is 5.26 Å². The van der Waals surface area contributed by atoms with E-state index in [0.717, 1.165) is 13.2 Å². The number of nitrogens with zero attached hydrogens (tertiary/aromatic N) is 2. The van der Waals surface area contributed by atoms with Gasteiger partial charge in [-0.3, -0.25) is 0 Å².